The van der Waals surface area contributed by atoms with Crippen molar-refractivity contribution in [3.05, 3.63) is 36.1 Å². The van der Waals surface area contributed by atoms with Gasteiger partial charge in [0.05, 0.1) is 0 Å². The molecule has 0 aliphatic rings. The van der Waals surface area contributed by atoms with Crippen LogP contribution >= 0.6 is 15.9 Å². The minimum absolute atomic E-state index is 0.493. The molecule has 3 heteroatoms. The number of hydrogen-bond acceptors (Lipinski definition) is 2. The van der Waals surface area contributed by atoms with Crippen LogP contribution in [-0.4, -0.2) is 10.4 Å². The Hall–Kier alpha value is -0.800. The van der Waals surface area contributed by atoms with Gasteiger partial charge < -0.3 is 9.52 Å². The molecule has 0 amide bonds. The van der Waals surface area contributed by atoms with E-state index in [1.165, 1.54) is 0 Å². The highest BCUT2D eigenvalue weighted by atomic mass is 79.9. The van der Waals surface area contributed by atoms with Crippen molar-refractivity contribution < 1.29 is 9.52 Å². The monoisotopic (exact) mass is 240 g/mol. The summed E-state index contributed by atoms with van der Waals surface area (Å²) < 4.78 is 5.44. The Kier molecular flexibility index (Phi) is 2.38. The van der Waals surface area contributed by atoms with E-state index in [4.69, 9.17) is 4.42 Å². The Bertz CT molecular complexity index is 375. The van der Waals surface area contributed by atoms with Crippen molar-refractivity contribution >= 4 is 26.9 Å². The zero-order chi connectivity index (χ0) is 9.26. The Balaban J connectivity index is 2.49. The van der Waals surface area contributed by atoms with Crippen molar-refractivity contribution in [2.24, 2.45) is 0 Å². The highest BCUT2D eigenvalue weighted by Gasteiger charge is 2.10. The van der Waals surface area contributed by atoms with Crippen molar-refractivity contribution in [1.29, 1.82) is 0 Å². The van der Waals surface area contributed by atoms with E-state index in [1.54, 1.807) is 0 Å². The number of halogens is 1. The number of benzene rings is 1. The largest absolute Gasteiger partial charge is 0.458 e. The van der Waals surface area contributed by atoms with E-state index in [2.05, 4.69) is 15.9 Å². The molecule has 1 atom stereocenters. The molecule has 1 N–H and O–H groups in total. The number of alkyl halides is 1. The Morgan fingerprint density at radius 2 is 2.15 bits per heavy atom. The molecule has 1 aromatic carbocycles. The molecule has 1 aromatic heterocycles. The minimum Gasteiger partial charge on any atom is -0.458 e. The van der Waals surface area contributed by atoms with Crippen molar-refractivity contribution in [2.45, 2.75) is 6.10 Å². The SMILES string of the molecule is O[C@H](CBr)c1cc2ccccc2o1. The van der Waals surface area contributed by atoms with E-state index in [-0.39, 0.29) is 0 Å². The van der Waals surface area contributed by atoms with Gasteiger partial charge in [0.2, 0.25) is 0 Å². The zero-order valence-electron chi connectivity index (χ0n) is 6.90. The average molecular weight is 241 g/mol. The molecule has 0 radical (unpaired) electrons. The first kappa shape index (κ1) is 8.78. The summed E-state index contributed by atoms with van der Waals surface area (Å²) >= 11 is 3.20. The van der Waals surface area contributed by atoms with Crippen LogP contribution in [0.2, 0.25) is 0 Å². The minimum atomic E-state index is -0.563. The summed E-state index contributed by atoms with van der Waals surface area (Å²) in [5, 5.41) is 11.0. The lowest BCUT2D eigenvalue weighted by molar-refractivity contribution is 0.178. The summed E-state index contributed by atoms with van der Waals surface area (Å²) in [6.45, 7) is 0. The third-order valence-corrected chi connectivity index (χ3v) is 2.53. The molecule has 0 saturated heterocycles. The highest BCUT2D eigenvalue weighted by molar-refractivity contribution is 9.09. The standard InChI is InChI=1S/C10H9BrO2/c11-6-8(12)10-5-7-3-1-2-4-9(7)13-10/h1-5,8,12H,6H2/t8-/m1/s1. The highest BCUT2D eigenvalue weighted by Crippen LogP contribution is 2.24. The summed E-state index contributed by atoms with van der Waals surface area (Å²) in [6.07, 6.45) is -0.563. The average Bonchev–Trinajstić information content (AvgIpc) is 2.59. The molecule has 0 bridgehead atoms. The van der Waals surface area contributed by atoms with Gasteiger partial charge in [0.25, 0.3) is 0 Å². The summed E-state index contributed by atoms with van der Waals surface area (Å²) in [4.78, 5) is 0. The lowest BCUT2D eigenvalue weighted by Crippen LogP contribution is -1.94. The van der Waals surface area contributed by atoms with Crippen molar-refractivity contribution in [3.8, 4) is 0 Å². The summed E-state index contributed by atoms with van der Waals surface area (Å²) in [7, 11) is 0. The van der Waals surface area contributed by atoms with Gasteiger partial charge in [-0.15, -0.1) is 0 Å². The van der Waals surface area contributed by atoms with Gasteiger partial charge in [0.1, 0.15) is 17.4 Å². The number of aliphatic hydroxyl groups is 1. The van der Waals surface area contributed by atoms with E-state index < -0.39 is 6.10 Å². The first-order valence-corrected chi connectivity index (χ1v) is 5.16. The van der Waals surface area contributed by atoms with Crippen LogP contribution in [0.3, 0.4) is 0 Å². The molecule has 2 aromatic rings. The number of para-hydroxylation sites is 1. The van der Waals surface area contributed by atoms with Gasteiger partial charge in [-0.05, 0) is 12.1 Å². The van der Waals surface area contributed by atoms with E-state index in [1.807, 2.05) is 30.3 Å². The van der Waals surface area contributed by atoms with Crippen molar-refractivity contribution in [1.82, 2.24) is 0 Å². The number of aliphatic hydroxyl groups excluding tert-OH is 1. The molecule has 0 saturated carbocycles. The fraction of sp³-hybridized carbons (Fsp3) is 0.200. The van der Waals surface area contributed by atoms with Gasteiger partial charge in [-0.3, -0.25) is 0 Å². The maximum atomic E-state index is 9.49. The van der Waals surface area contributed by atoms with Crippen LogP contribution < -0.4 is 0 Å². The van der Waals surface area contributed by atoms with Gasteiger partial charge in [0, 0.05) is 10.7 Å². The molecule has 0 spiro atoms. The van der Waals surface area contributed by atoms with Crippen molar-refractivity contribution in [3.63, 3.8) is 0 Å². The molecular weight excluding hydrogens is 232 g/mol. The summed E-state index contributed by atoms with van der Waals surface area (Å²) in [5.41, 5.74) is 0.817. The van der Waals surface area contributed by atoms with Gasteiger partial charge in [-0.25, -0.2) is 0 Å². The first-order chi connectivity index (χ1) is 6.31. The normalized spacial score (nSPS) is 13.4. The second-order valence-electron chi connectivity index (χ2n) is 2.86. The Morgan fingerprint density at radius 1 is 1.38 bits per heavy atom. The molecule has 0 aliphatic heterocycles. The fourth-order valence-electron chi connectivity index (χ4n) is 1.24. The quantitative estimate of drug-likeness (QED) is 0.820. The molecular formula is C10H9BrO2. The predicted molar refractivity (Wildman–Crippen MR) is 55.0 cm³/mol. The second kappa shape index (κ2) is 3.52. The fourth-order valence-corrected chi connectivity index (χ4v) is 1.56. The number of furan rings is 1. The number of fused-ring (bicyclic) bond motifs is 1. The zero-order valence-corrected chi connectivity index (χ0v) is 8.49. The van der Waals surface area contributed by atoms with E-state index in [0.29, 0.717) is 11.1 Å². The molecule has 0 unspecified atom stereocenters. The van der Waals surface area contributed by atoms with Crippen LogP contribution in [0.5, 0.6) is 0 Å². The van der Waals surface area contributed by atoms with Gasteiger partial charge >= 0.3 is 0 Å². The lowest BCUT2D eigenvalue weighted by Gasteiger charge is -1.99. The molecule has 0 aliphatic carbocycles. The maximum Gasteiger partial charge on any atom is 0.134 e. The maximum absolute atomic E-state index is 9.49. The Labute approximate surface area is 84.3 Å². The van der Waals surface area contributed by atoms with Crippen molar-refractivity contribution in [2.75, 3.05) is 5.33 Å². The van der Waals surface area contributed by atoms with Gasteiger partial charge in [-0.1, -0.05) is 34.1 Å². The smallest absolute Gasteiger partial charge is 0.134 e. The van der Waals surface area contributed by atoms with Crippen LogP contribution in [0, 0.1) is 0 Å². The topological polar surface area (TPSA) is 33.4 Å². The van der Waals surface area contributed by atoms with Crippen LogP contribution in [0.4, 0.5) is 0 Å². The second-order valence-corrected chi connectivity index (χ2v) is 3.50. The molecule has 13 heavy (non-hydrogen) atoms. The predicted octanol–water partition coefficient (Wildman–Crippen LogP) is 2.86. The summed E-state index contributed by atoms with van der Waals surface area (Å²) in [6, 6.07) is 9.57. The number of rotatable bonds is 2. The van der Waals surface area contributed by atoms with Crippen LogP contribution in [0.25, 0.3) is 11.0 Å². The third-order valence-electron chi connectivity index (χ3n) is 1.92. The number of hydrogen-bond donors (Lipinski definition) is 1. The summed E-state index contributed by atoms with van der Waals surface area (Å²) in [5.74, 6) is 0.609. The molecule has 0 fully saturated rings. The third kappa shape index (κ3) is 1.62. The molecule has 2 nitrogen and oxygen atoms in total. The molecule has 68 valence electrons. The lowest BCUT2D eigenvalue weighted by atomic mass is 10.2. The van der Waals surface area contributed by atoms with E-state index in [0.717, 1.165) is 11.0 Å². The molecule has 1 heterocycles. The van der Waals surface area contributed by atoms with Gasteiger partial charge in [0.15, 0.2) is 0 Å². The first-order valence-electron chi connectivity index (χ1n) is 4.04. The van der Waals surface area contributed by atoms with Gasteiger partial charge in [-0.2, -0.15) is 0 Å². The van der Waals surface area contributed by atoms with Crippen LogP contribution in [0.15, 0.2) is 34.7 Å². The Morgan fingerprint density at radius 3 is 2.85 bits per heavy atom. The van der Waals surface area contributed by atoms with Crippen LogP contribution in [0.1, 0.15) is 11.9 Å². The van der Waals surface area contributed by atoms with E-state index >= 15 is 0 Å². The van der Waals surface area contributed by atoms with E-state index in [9.17, 15) is 5.11 Å². The van der Waals surface area contributed by atoms with Crippen LogP contribution in [-0.2, 0) is 0 Å². The molecule has 2 rings (SSSR count).